The maximum atomic E-state index is 9.91. The number of rotatable bonds is 9. The fourth-order valence-corrected chi connectivity index (χ4v) is 3.70. The SMILES string of the molecule is O=C([OH2+])C(O)C(O)C(=O)[OH2+].[Co+3].[NH-]C(c1ccccc1)C([NH-])c1ccccc1.[NH-]C(c1ccccc1)C([NH-])c1ccccc1. The van der Waals surface area contributed by atoms with Gasteiger partial charge in [0.05, 0.1) is 0 Å². The Morgan fingerprint density at radius 3 is 0.744 bits per heavy atom. The third kappa shape index (κ3) is 12.1. The maximum absolute atomic E-state index is 9.91. The number of aliphatic hydroxyl groups excluding tert-OH is 2. The Bertz CT molecular complexity index is 1150. The van der Waals surface area contributed by atoms with Crippen molar-refractivity contribution >= 4 is 11.9 Å². The van der Waals surface area contributed by atoms with Crippen LogP contribution in [0.5, 0.6) is 0 Å². The summed E-state index contributed by atoms with van der Waals surface area (Å²) in [6, 6.07) is 36.1. The molecule has 0 aliphatic rings. The summed E-state index contributed by atoms with van der Waals surface area (Å²) in [7, 11) is 0. The standard InChI is InChI=1S/2C14H14N2.C4H6O6.Co/c2*15-13(11-7-3-1-4-8-11)14(16)12-9-5-2-6-10-12;5-1(3(7)8)2(6)4(9)10;/h2*1-10,13-16H;1-2,5-6H,(H,7,8)(H,9,10);/q2*-2;;+3/p+2. The first kappa shape index (κ1) is 37.1. The zero-order valence-corrected chi connectivity index (χ0v) is 24.1. The van der Waals surface area contributed by atoms with Crippen molar-refractivity contribution in [3.63, 3.8) is 0 Å². The maximum Gasteiger partial charge on any atom is 3.00 e. The van der Waals surface area contributed by atoms with E-state index in [2.05, 4.69) is 0 Å². The predicted octanol–water partition coefficient (Wildman–Crippen LogP) is 5.35. The Kier molecular flexibility index (Phi) is 16.7. The van der Waals surface area contributed by atoms with Crippen LogP contribution in [0, 0.1) is 0 Å². The molecule has 4 aromatic rings. The number of carbonyl (C=O) groups excluding carboxylic acids is 2. The van der Waals surface area contributed by atoms with Gasteiger partial charge >= 0.3 is 28.7 Å². The molecule has 0 aliphatic carbocycles. The molecule has 6 atom stereocenters. The molecule has 228 valence electrons. The molecular weight excluding hydrogens is 595 g/mol. The fraction of sp³-hybridized carbons (Fsp3) is 0.188. The second-order valence-electron chi connectivity index (χ2n) is 9.17. The molecule has 0 bridgehead atoms. The monoisotopic (exact) mass is 631 g/mol. The molecule has 0 amide bonds. The van der Waals surface area contributed by atoms with Crippen LogP contribution in [0.3, 0.4) is 0 Å². The van der Waals surface area contributed by atoms with Crippen LogP contribution in [0.2, 0.25) is 0 Å². The van der Waals surface area contributed by atoms with E-state index in [-0.39, 0.29) is 16.8 Å². The molecule has 0 aromatic heterocycles. The molecule has 11 heteroatoms. The van der Waals surface area contributed by atoms with Crippen LogP contribution in [-0.4, -0.2) is 44.6 Å². The molecule has 10 nitrogen and oxygen atoms in total. The van der Waals surface area contributed by atoms with Gasteiger partial charge in [0, 0.05) is 9.59 Å². The van der Waals surface area contributed by atoms with E-state index in [9.17, 15) is 9.59 Å². The van der Waals surface area contributed by atoms with Crippen LogP contribution < -0.4 is 0 Å². The quantitative estimate of drug-likeness (QED) is 0.233. The van der Waals surface area contributed by atoms with Gasteiger partial charge in [-0.05, 0) is 0 Å². The normalized spacial score (nSPS) is 14.4. The second-order valence-corrected chi connectivity index (χ2v) is 9.17. The Morgan fingerprint density at radius 2 is 0.605 bits per heavy atom. The molecule has 4 rings (SSSR count). The molecule has 0 heterocycles. The van der Waals surface area contributed by atoms with Crippen molar-refractivity contribution < 1.29 is 46.8 Å². The van der Waals surface area contributed by atoms with Crippen molar-refractivity contribution in [1.82, 2.24) is 0 Å². The summed E-state index contributed by atoms with van der Waals surface area (Å²) in [6.07, 6.45) is -4.19. The Labute approximate surface area is 261 Å². The van der Waals surface area contributed by atoms with E-state index in [0.717, 1.165) is 22.3 Å². The van der Waals surface area contributed by atoms with Crippen molar-refractivity contribution in [3.8, 4) is 0 Å². The van der Waals surface area contributed by atoms with E-state index in [1.165, 1.54) is 0 Å². The van der Waals surface area contributed by atoms with E-state index in [4.69, 9.17) is 43.4 Å². The number of hydrogen-bond donors (Lipinski definition) is 2. The van der Waals surface area contributed by atoms with Gasteiger partial charge in [-0.2, -0.15) is 0 Å². The van der Waals surface area contributed by atoms with Gasteiger partial charge < -0.3 is 43.4 Å². The van der Waals surface area contributed by atoms with Crippen LogP contribution in [0.1, 0.15) is 46.4 Å². The molecule has 0 saturated heterocycles. The molecule has 0 fully saturated rings. The van der Waals surface area contributed by atoms with Gasteiger partial charge in [0.2, 0.25) is 0 Å². The fourth-order valence-electron chi connectivity index (χ4n) is 3.70. The van der Waals surface area contributed by atoms with E-state index in [1.807, 2.05) is 121 Å². The zero-order valence-electron chi connectivity index (χ0n) is 23.1. The summed E-state index contributed by atoms with van der Waals surface area (Å²) in [4.78, 5) is 19.8. The molecule has 0 aliphatic heterocycles. The van der Waals surface area contributed by atoms with Gasteiger partial charge in [-0.25, -0.2) is 0 Å². The van der Waals surface area contributed by atoms with Crippen molar-refractivity contribution in [2.24, 2.45) is 0 Å². The Morgan fingerprint density at radius 1 is 0.442 bits per heavy atom. The average molecular weight is 632 g/mol. The second kappa shape index (κ2) is 19.3. The van der Waals surface area contributed by atoms with Crippen LogP contribution in [0.25, 0.3) is 22.9 Å². The minimum absolute atomic E-state index is 0. The zero-order chi connectivity index (χ0) is 31.1. The largest absolute Gasteiger partial charge is 3.00 e. The first-order valence-electron chi connectivity index (χ1n) is 13.0. The first-order valence-corrected chi connectivity index (χ1v) is 13.0. The van der Waals surface area contributed by atoms with Crippen molar-refractivity contribution in [2.45, 2.75) is 36.4 Å². The van der Waals surface area contributed by atoms with Gasteiger partial charge in [-0.3, -0.25) is 0 Å². The number of aliphatic hydroxyl groups is 2. The van der Waals surface area contributed by atoms with Gasteiger partial charge in [0.25, 0.3) is 12.2 Å². The molecule has 0 saturated carbocycles. The summed E-state index contributed by atoms with van der Waals surface area (Å²) >= 11 is 0. The van der Waals surface area contributed by atoms with Crippen LogP contribution in [0.15, 0.2) is 121 Å². The van der Waals surface area contributed by atoms with Gasteiger partial charge in [-0.1, -0.05) is 144 Å². The van der Waals surface area contributed by atoms with E-state index in [0.29, 0.717) is 0 Å². The summed E-state index contributed by atoms with van der Waals surface area (Å²) < 4.78 is 0. The first-order chi connectivity index (χ1) is 20.0. The van der Waals surface area contributed by atoms with E-state index >= 15 is 0 Å². The molecule has 0 spiro atoms. The van der Waals surface area contributed by atoms with Crippen LogP contribution >= 0.6 is 0 Å². The van der Waals surface area contributed by atoms with Crippen molar-refractivity contribution in [3.05, 3.63) is 167 Å². The molecule has 0 radical (unpaired) electrons. The summed E-state index contributed by atoms with van der Waals surface area (Å²) in [6.45, 7) is 0. The third-order valence-electron chi connectivity index (χ3n) is 6.14. The molecule has 43 heavy (non-hydrogen) atoms. The van der Waals surface area contributed by atoms with E-state index in [1.54, 1.807) is 0 Å². The summed E-state index contributed by atoms with van der Waals surface area (Å²) in [5, 5.41) is 29.3. The average Bonchev–Trinajstić information content (AvgIpc) is 3.04. The number of nitrogens with one attached hydrogen (secondary N) is 4. The van der Waals surface area contributed by atoms with Crippen LogP contribution in [-0.2, 0) is 26.4 Å². The van der Waals surface area contributed by atoms with Crippen LogP contribution in [0.4, 0.5) is 0 Å². The minimum Gasteiger partial charge on any atom is -0.672 e. The Balaban J connectivity index is 0.000000329. The number of carbonyl (C=O) groups is 2. The van der Waals surface area contributed by atoms with Gasteiger partial charge in [0.15, 0.2) is 0 Å². The van der Waals surface area contributed by atoms with E-state index < -0.39 is 48.3 Å². The predicted molar refractivity (Wildman–Crippen MR) is 163 cm³/mol. The molecule has 10 N–H and O–H groups in total. The summed E-state index contributed by atoms with van der Waals surface area (Å²) in [5.41, 5.74) is 35.9. The van der Waals surface area contributed by atoms with Crippen molar-refractivity contribution in [1.29, 1.82) is 0 Å². The van der Waals surface area contributed by atoms with Gasteiger partial charge in [0.1, 0.15) is 0 Å². The third-order valence-corrected chi connectivity index (χ3v) is 6.14. The summed E-state index contributed by atoms with van der Waals surface area (Å²) in [5.74, 6) is -2.96. The Hall–Kier alpha value is -3.91. The van der Waals surface area contributed by atoms with Gasteiger partial charge in [-0.15, -0.1) is 24.2 Å². The smallest absolute Gasteiger partial charge is 0.672 e. The number of benzene rings is 4. The van der Waals surface area contributed by atoms with Crippen molar-refractivity contribution in [2.75, 3.05) is 0 Å². The topological polar surface area (TPSA) is 216 Å². The number of hydrogen-bond acceptors (Lipinski definition) is 4. The minimum atomic E-state index is -2.09. The molecule has 6 unspecified atom stereocenters. The molecular formula is C32H36CoN4O6+. The molecule has 4 aromatic carbocycles.